The number of likely N-dealkylation sites (tertiary alicyclic amines) is 1. The zero-order chi connectivity index (χ0) is 7.40. The summed E-state index contributed by atoms with van der Waals surface area (Å²) in [6.45, 7) is 7.06. The molecule has 0 aliphatic carbocycles. The fourth-order valence-corrected chi connectivity index (χ4v) is 1.74. The van der Waals surface area contributed by atoms with Gasteiger partial charge in [0.1, 0.15) is 0 Å². The average Bonchev–Trinajstić information content (AvgIpc) is 2.04. The molecule has 1 atom stereocenters. The molecule has 0 aromatic carbocycles. The Morgan fingerprint density at radius 1 is 1.50 bits per heavy atom. The molecule has 1 aliphatic heterocycles. The van der Waals surface area contributed by atoms with Gasteiger partial charge < -0.3 is 4.90 Å². The highest BCUT2D eigenvalue weighted by Crippen LogP contribution is 2.17. The lowest BCUT2D eigenvalue weighted by Gasteiger charge is -2.33. The van der Waals surface area contributed by atoms with Gasteiger partial charge in [0, 0.05) is 6.04 Å². The van der Waals surface area contributed by atoms with Gasteiger partial charge in [-0.15, -0.1) is 0 Å². The predicted molar refractivity (Wildman–Crippen MR) is 44.9 cm³/mol. The smallest absolute Gasteiger partial charge is 0.00952 e. The molecule has 0 aromatic heterocycles. The second-order valence-corrected chi connectivity index (χ2v) is 3.00. The Morgan fingerprint density at radius 2 is 2.30 bits per heavy atom. The first-order valence-corrected chi connectivity index (χ1v) is 4.44. The quantitative estimate of drug-likeness (QED) is 0.567. The van der Waals surface area contributed by atoms with Gasteiger partial charge in [-0.2, -0.15) is 0 Å². The molecule has 1 saturated heterocycles. The van der Waals surface area contributed by atoms with E-state index in [0.29, 0.717) is 0 Å². The normalized spacial score (nSPS) is 28.8. The van der Waals surface area contributed by atoms with Crippen molar-refractivity contribution in [3.63, 3.8) is 0 Å². The largest absolute Gasteiger partial charge is 0.301 e. The molecule has 1 fully saturated rings. The van der Waals surface area contributed by atoms with Gasteiger partial charge >= 0.3 is 0 Å². The van der Waals surface area contributed by atoms with E-state index < -0.39 is 0 Å². The van der Waals surface area contributed by atoms with E-state index in [2.05, 4.69) is 25.2 Å². The predicted octanol–water partition coefficient (Wildman–Crippen LogP) is 2.08. The molecule has 1 heteroatoms. The van der Waals surface area contributed by atoms with Gasteiger partial charge in [0.2, 0.25) is 0 Å². The van der Waals surface area contributed by atoms with Crippen molar-refractivity contribution in [1.29, 1.82) is 0 Å². The van der Waals surface area contributed by atoms with E-state index in [0.717, 1.165) is 6.04 Å². The highest BCUT2D eigenvalue weighted by molar-refractivity contribution is 4.83. The number of hydrogen-bond acceptors (Lipinski definition) is 1. The van der Waals surface area contributed by atoms with Crippen LogP contribution in [-0.4, -0.2) is 24.0 Å². The Labute approximate surface area is 64.4 Å². The first-order valence-electron chi connectivity index (χ1n) is 4.44. The molecule has 10 heavy (non-hydrogen) atoms. The van der Waals surface area contributed by atoms with Crippen molar-refractivity contribution in [1.82, 2.24) is 4.90 Å². The molecule has 0 N–H and O–H groups in total. The van der Waals surface area contributed by atoms with E-state index in [1.807, 2.05) is 0 Å². The molecule has 1 radical (unpaired) electrons. The molecule has 1 unspecified atom stereocenters. The van der Waals surface area contributed by atoms with Crippen LogP contribution in [0.2, 0.25) is 0 Å². The molecular weight excluding hydrogens is 122 g/mol. The maximum Gasteiger partial charge on any atom is 0.00952 e. The van der Waals surface area contributed by atoms with E-state index in [4.69, 9.17) is 0 Å². The van der Waals surface area contributed by atoms with Crippen LogP contribution in [0.5, 0.6) is 0 Å². The van der Waals surface area contributed by atoms with Crippen LogP contribution in [0.15, 0.2) is 0 Å². The Bertz CT molecular complexity index is 78.7. The van der Waals surface area contributed by atoms with Gasteiger partial charge in [0.05, 0.1) is 0 Å². The van der Waals surface area contributed by atoms with Gasteiger partial charge in [0.25, 0.3) is 0 Å². The zero-order valence-electron chi connectivity index (χ0n) is 7.14. The first kappa shape index (κ1) is 8.06. The zero-order valence-corrected chi connectivity index (χ0v) is 7.14. The number of rotatable bonds is 2. The van der Waals surface area contributed by atoms with E-state index in [1.54, 1.807) is 0 Å². The molecule has 1 nitrogen and oxygen atoms in total. The summed E-state index contributed by atoms with van der Waals surface area (Å²) in [5.41, 5.74) is 0. The summed E-state index contributed by atoms with van der Waals surface area (Å²) in [6.07, 6.45) is 6.35. The van der Waals surface area contributed by atoms with Crippen LogP contribution in [0, 0.1) is 6.42 Å². The van der Waals surface area contributed by atoms with E-state index in [9.17, 15) is 0 Å². The van der Waals surface area contributed by atoms with Gasteiger partial charge in [-0.1, -0.05) is 13.8 Å². The second-order valence-electron chi connectivity index (χ2n) is 3.00. The van der Waals surface area contributed by atoms with Crippen molar-refractivity contribution in [2.45, 2.75) is 39.2 Å². The van der Waals surface area contributed by atoms with Crippen molar-refractivity contribution < 1.29 is 0 Å². The first-order chi connectivity index (χ1) is 4.88. The minimum absolute atomic E-state index is 0.846. The summed E-state index contributed by atoms with van der Waals surface area (Å²) in [6, 6.07) is 0.846. The van der Waals surface area contributed by atoms with Crippen molar-refractivity contribution in [3.8, 4) is 0 Å². The molecule has 0 saturated carbocycles. The Kier molecular flexibility index (Phi) is 3.20. The third-order valence-electron chi connectivity index (χ3n) is 2.45. The van der Waals surface area contributed by atoms with Crippen LogP contribution in [0.25, 0.3) is 0 Å². The molecule has 0 spiro atoms. The molecular formula is C9H18N. The lowest BCUT2D eigenvalue weighted by atomic mass is 10.0. The van der Waals surface area contributed by atoms with Crippen molar-refractivity contribution in [2.24, 2.45) is 0 Å². The maximum absolute atomic E-state index is 2.58. The average molecular weight is 140 g/mol. The van der Waals surface area contributed by atoms with Crippen molar-refractivity contribution in [3.05, 3.63) is 6.42 Å². The number of piperidine rings is 1. The van der Waals surface area contributed by atoms with Crippen LogP contribution in [0.4, 0.5) is 0 Å². The summed E-state index contributed by atoms with van der Waals surface area (Å²) in [5.74, 6) is 0. The van der Waals surface area contributed by atoms with Gasteiger partial charge in [0.15, 0.2) is 0 Å². The Morgan fingerprint density at radius 3 is 2.80 bits per heavy atom. The molecule has 0 aromatic rings. The van der Waals surface area contributed by atoms with Gasteiger partial charge in [-0.3, -0.25) is 0 Å². The summed E-state index contributed by atoms with van der Waals surface area (Å²) in [7, 11) is 0. The highest BCUT2D eigenvalue weighted by atomic mass is 15.1. The highest BCUT2D eigenvalue weighted by Gasteiger charge is 2.18. The van der Waals surface area contributed by atoms with Crippen LogP contribution in [0.3, 0.4) is 0 Å². The summed E-state index contributed by atoms with van der Waals surface area (Å²) in [4.78, 5) is 2.58. The SMILES string of the molecule is CCC1C[CH]CCN1CC. The topological polar surface area (TPSA) is 3.24 Å². The molecule has 1 aliphatic rings. The fraction of sp³-hybridized carbons (Fsp3) is 0.889. The van der Waals surface area contributed by atoms with Crippen LogP contribution < -0.4 is 0 Å². The lowest BCUT2D eigenvalue weighted by molar-refractivity contribution is 0.176. The molecule has 1 heterocycles. The molecule has 59 valence electrons. The maximum atomic E-state index is 2.58. The number of nitrogens with zero attached hydrogens (tertiary/aromatic N) is 1. The van der Waals surface area contributed by atoms with Crippen LogP contribution in [-0.2, 0) is 0 Å². The van der Waals surface area contributed by atoms with E-state index in [1.165, 1.54) is 32.4 Å². The second kappa shape index (κ2) is 3.97. The van der Waals surface area contributed by atoms with Crippen molar-refractivity contribution in [2.75, 3.05) is 13.1 Å². The Balaban J connectivity index is 2.34. The Hall–Kier alpha value is -0.0400. The van der Waals surface area contributed by atoms with Crippen LogP contribution in [0.1, 0.15) is 33.1 Å². The molecule has 1 rings (SSSR count). The summed E-state index contributed by atoms with van der Waals surface area (Å²) < 4.78 is 0. The monoisotopic (exact) mass is 140 g/mol. The van der Waals surface area contributed by atoms with Crippen molar-refractivity contribution >= 4 is 0 Å². The molecule has 0 bridgehead atoms. The third kappa shape index (κ3) is 1.72. The van der Waals surface area contributed by atoms with E-state index >= 15 is 0 Å². The summed E-state index contributed by atoms with van der Waals surface area (Å²) in [5, 5.41) is 0. The van der Waals surface area contributed by atoms with Crippen LogP contribution >= 0.6 is 0 Å². The standard InChI is InChI=1S/C9H18N/c1-3-9-7-5-6-8-10(9)4-2/h5,9H,3-4,6-8H2,1-2H3. The third-order valence-corrected chi connectivity index (χ3v) is 2.45. The summed E-state index contributed by atoms with van der Waals surface area (Å²) >= 11 is 0. The fourth-order valence-electron chi connectivity index (χ4n) is 1.74. The number of hydrogen-bond donors (Lipinski definition) is 0. The minimum Gasteiger partial charge on any atom is -0.301 e. The lowest BCUT2D eigenvalue weighted by Crippen LogP contribution is -2.38. The van der Waals surface area contributed by atoms with Gasteiger partial charge in [-0.05, 0) is 38.8 Å². The van der Waals surface area contributed by atoms with E-state index in [-0.39, 0.29) is 0 Å². The minimum atomic E-state index is 0.846. The molecule has 0 amide bonds. The van der Waals surface area contributed by atoms with Gasteiger partial charge in [-0.25, -0.2) is 0 Å².